The smallest absolute Gasteiger partial charge is 0.257 e. The first-order valence-corrected chi connectivity index (χ1v) is 9.66. The average Bonchev–Trinajstić information content (AvgIpc) is 3.03. The van der Waals surface area contributed by atoms with Crippen LogP contribution in [0.1, 0.15) is 38.3 Å². The van der Waals surface area contributed by atoms with Gasteiger partial charge in [-0.25, -0.2) is 4.98 Å². The first kappa shape index (κ1) is 18.9. The van der Waals surface area contributed by atoms with E-state index in [1.807, 2.05) is 50.2 Å². The molecule has 4 rings (SSSR count). The van der Waals surface area contributed by atoms with Gasteiger partial charge in [0.05, 0.1) is 11.2 Å². The summed E-state index contributed by atoms with van der Waals surface area (Å²) in [5.74, 6) is 1.13. The number of nitrogens with zero attached hydrogens (tertiary/aromatic N) is 3. The molecule has 1 amide bonds. The van der Waals surface area contributed by atoms with E-state index >= 15 is 0 Å². The van der Waals surface area contributed by atoms with Crippen molar-refractivity contribution in [3.05, 3.63) is 82.0 Å². The Morgan fingerprint density at radius 2 is 1.66 bits per heavy atom. The Morgan fingerprint density at radius 1 is 0.897 bits per heavy atom. The van der Waals surface area contributed by atoms with E-state index in [4.69, 9.17) is 4.98 Å². The summed E-state index contributed by atoms with van der Waals surface area (Å²) >= 11 is 0. The van der Waals surface area contributed by atoms with Crippen LogP contribution < -0.4 is 5.32 Å². The fourth-order valence-corrected chi connectivity index (χ4v) is 3.71. The number of carbonyl (C=O) groups is 1. The van der Waals surface area contributed by atoms with Crippen molar-refractivity contribution in [1.29, 1.82) is 0 Å². The fourth-order valence-electron chi connectivity index (χ4n) is 3.71. The Bertz CT molecular complexity index is 1250. The summed E-state index contributed by atoms with van der Waals surface area (Å²) in [5.41, 5.74) is 6.81. The lowest BCUT2D eigenvalue weighted by molar-refractivity contribution is 0.102. The quantitative estimate of drug-likeness (QED) is 0.527. The number of hydrogen-bond donors (Lipinski definition) is 1. The van der Waals surface area contributed by atoms with Gasteiger partial charge in [0, 0.05) is 17.0 Å². The highest BCUT2D eigenvalue weighted by Gasteiger charge is 2.16. The lowest BCUT2D eigenvalue weighted by atomic mass is 10.0. The number of amides is 1. The van der Waals surface area contributed by atoms with E-state index in [9.17, 15) is 4.79 Å². The molecular weight excluding hydrogens is 360 g/mol. The number of anilines is 1. The molecule has 0 atom stereocenters. The van der Waals surface area contributed by atoms with Crippen LogP contribution in [-0.4, -0.2) is 20.7 Å². The van der Waals surface area contributed by atoms with E-state index in [-0.39, 0.29) is 5.91 Å². The molecule has 0 aliphatic rings. The van der Waals surface area contributed by atoms with Crippen LogP contribution in [-0.2, 0) is 0 Å². The molecule has 0 saturated heterocycles. The molecule has 2 aromatic heterocycles. The lowest BCUT2D eigenvalue weighted by Gasteiger charge is -2.13. The molecule has 0 aliphatic carbocycles. The average molecular weight is 384 g/mol. The van der Waals surface area contributed by atoms with E-state index in [1.165, 1.54) is 5.56 Å². The van der Waals surface area contributed by atoms with Gasteiger partial charge in [-0.3, -0.25) is 4.79 Å². The Labute approximate surface area is 170 Å². The number of hydrogen-bond acceptors (Lipinski definition) is 3. The van der Waals surface area contributed by atoms with E-state index < -0.39 is 0 Å². The molecule has 0 bridgehead atoms. The molecule has 4 aromatic rings. The molecule has 5 nitrogen and oxygen atoms in total. The predicted molar refractivity (Wildman–Crippen MR) is 117 cm³/mol. The van der Waals surface area contributed by atoms with Crippen LogP contribution in [0.3, 0.4) is 0 Å². The maximum atomic E-state index is 12.8. The van der Waals surface area contributed by atoms with Gasteiger partial charge in [0.25, 0.3) is 5.91 Å². The fraction of sp³-hybridized carbons (Fsp3) is 0.208. The van der Waals surface area contributed by atoms with Crippen LogP contribution in [0, 0.1) is 34.6 Å². The molecule has 146 valence electrons. The Hall–Kier alpha value is -3.47. The molecule has 5 heteroatoms. The minimum absolute atomic E-state index is 0.159. The van der Waals surface area contributed by atoms with Crippen LogP contribution >= 0.6 is 0 Å². The Balaban J connectivity index is 1.79. The second-order valence-corrected chi connectivity index (χ2v) is 7.63. The SMILES string of the molecule is Cc1cc(C)c2nc(-n3nc(C)cc3NC(=O)c3ccccc3C)cc(C)c2c1. The van der Waals surface area contributed by atoms with Gasteiger partial charge in [0.1, 0.15) is 5.82 Å². The standard InChI is InChI=1S/C24H24N4O/c1-14-10-17(4)23-20(11-14)16(3)12-21(25-23)28-22(13-18(5)27-28)26-24(29)19-9-7-6-8-15(19)2/h6-13H,1-5H3,(H,26,29). The lowest BCUT2D eigenvalue weighted by Crippen LogP contribution is -2.16. The zero-order chi connectivity index (χ0) is 20.7. The van der Waals surface area contributed by atoms with Crippen LogP contribution in [0.4, 0.5) is 5.82 Å². The number of aryl methyl sites for hydroxylation is 5. The van der Waals surface area contributed by atoms with Crippen molar-refractivity contribution in [2.24, 2.45) is 0 Å². The summed E-state index contributed by atoms with van der Waals surface area (Å²) in [4.78, 5) is 17.7. The van der Waals surface area contributed by atoms with Crippen LogP contribution in [0.5, 0.6) is 0 Å². The van der Waals surface area contributed by atoms with E-state index in [0.717, 1.165) is 33.3 Å². The summed E-state index contributed by atoms with van der Waals surface area (Å²) < 4.78 is 1.71. The first-order chi connectivity index (χ1) is 13.8. The minimum atomic E-state index is -0.159. The van der Waals surface area contributed by atoms with Gasteiger partial charge >= 0.3 is 0 Å². The highest BCUT2D eigenvalue weighted by molar-refractivity contribution is 6.05. The molecule has 0 radical (unpaired) electrons. The molecule has 2 heterocycles. The molecule has 0 saturated carbocycles. The van der Waals surface area contributed by atoms with E-state index in [0.29, 0.717) is 17.2 Å². The Kier molecular flexibility index (Phi) is 4.66. The number of nitrogens with one attached hydrogen (secondary N) is 1. The van der Waals surface area contributed by atoms with Crippen LogP contribution in [0.2, 0.25) is 0 Å². The molecule has 1 N–H and O–H groups in total. The van der Waals surface area contributed by atoms with Crippen molar-refractivity contribution in [2.75, 3.05) is 5.32 Å². The van der Waals surface area contributed by atoms with Crippen molar-refractivity contribution in [3.8, 4) is 5.82 Å². The van der Waals surface area contributed by atoms with Gasteiger partial charge in [-0.2, -0.15) is 9.78 Å². The summed E-state index contributed by atoms with van der Waals surface area (Å²) in [6.45, 7) is 10.1. The summed E-state index contributed by atoms with van der Waals surface area (Å²) in [6.07, 6.45) is 0. The maximum Gasteiger partial charge on any atom is 0.257 e. The highest BCUT2D eigenvalue weighted by Crippen LogP contribution is 2.26. The number of aromatic nitrogens is 3. The van der Waals surface area contributed by atoms with Crippen LogP contribution in [0.25, 0.3) is 16.7 Å². The van der Waals surface area contributed by atoms with Gasteiger partial charge < -0.3 is 5.32 Å². The minimum Gasteiger partial charge on any atom is -0.306 e. The van der Waals surface area contributed by atoms with Gasteiger partial charge in [-0.1, -0.05) is 29.8 Å². The Morgan fingerprint density at radius 3 is 2.41 bits per heavy atom. The summed E-state index contributed by atoms with van der Waals surface area (Å²) in [6, 6.07) is 15.7. The molecule has 0 spiro atoms. The second kappa shape index (κ2) is 7.17. The molecule has 2 aromatic carbocycles. The summed E-state index contributed by atoms with van der Waals surface area (Å²) in [7, 11) is 0. The van der Waals surface area contributed by atoms with Crippen molar-refractivity contribution in [3.63, 3.8) is 0 Å². The largest absolute Gasteiger partial charge is 0.306 e. The highest BCUT2D eigenvalue weighted by atomic mass is 16.1. The molecular formula is C24H24N4O. The first-order valence-electron chi connectivity index (χ1n) is 9.66. The second-order valence-electron chi connectivity index (χ2n) is 7.63. The van der Waals surface area contributed by atoms with Crippen molar-refractivity contribution in [2.45, 2.75) is 34.6 Å². The van der Waals surface area contributed by atoms with Crippen LogP contribution in [0.15, 0.2) is 48.5 Å². The van der Waals surface area contributed by atoms with Crippen molar-refractivity contribution >= 4 is 22.6 Å². The number of carbonyl (C=O) groups excluding carboxylic acids is 1. The monoisotopic (exact) mass is 384 g/mol. The van der Waals surface area contributed by atoms with E-state index in [1.54, 1.807) is 4.68 Å². The topological polar surface area (TPSA) is 59.8 Å². The number of pyridine rings is 1. The molecule has 29 heavy (non-hydrogen) atoms. The third-order valence-corrected chi connectivity index (χ3v) is 5.12. The molecule has 0 aliphatic heterocycles. The summed E-state index contributed by atoms with van der Waals surface area (Å²) in [5, 5.41) is 8.72. The zero-order valence-corrected chi connectivity index (χ0v) is 17.4. The predicted octanol–water partition coefficient (Wildman–Crippen LogP) is 5.21. The molecule has 0 unspecified atom stereocenters. The number of benzene rings is 2. The maximum absolute atomic E-state index is 12.8. The van der Waals surface area contributed by atoms with Gasteiger partial charge in [-0.15, -0.1) is 0 Å². The van der Waals surface area contributed by atoms with Gasteiger partial charge in [0.2, 0.25) is 0 Å². The third kappa shape index (κ3) is 3.51. The van der Waals surface area contributed by atoms with E-state index in [2.05, 4.69) is 43.3 Å². The number of rotatable bonds is 3. The van der Waals surface area contributed by atoms with Crippen molar-refractivity contribution < 1.29 is 4.79 Å². The third-order valence-electron chi connectivity index (χ3n) is 5.12. The van der Waals surface area contributed by atoms with Crippen molar-refractivity contribution in [1.82, 2.24) is 14.8 Å². The molecule has 0 fully saturated rings. The normalized spacial score (nSPS) is 11.1. The zero-order valence-electron chi connectivity index (χ0n) is 17.4. The number of fused-ring (bicyclic) bond motifs is 1. The van der Waals surface area contributed by atoms with Gasteiger partial charge in [0.15, 0.2) is 5.82 Å². The van der Waals surface area contributed by atoms with Gasteiger partial charge in [-0.05, 0) is 69.5 Å².